The van der Waals surface area contributed by atoms with Gasteiger partial charge in [-0.2, -0.15) is 0 Å². The molecule has 0 spiro atoms. The number of allylic oxidation sites excluding steroid dienone is 4. The summed E-state index contributed by atoms with van der Waals surface area (Å²) in [5.41, 5.74) is 6.23. The minimum Gasteiger partial charge on any atom is -0.386 e. The molecule has 3 aliphatic rings. The van der Waals surface area contributed by atoms with Crippen LogP contribution in [-0.2, 0) is 0 Å². The normalized spacial score (nSPS) is 29.1. The molecule has 4 nitrogen and oxygen atoms in total. The predicted octanol–water partition coefficient (Wildman–Crippen LogP) is 7.88. The van der Waals surface area contributed by atoms with Crippen LogP contribution in [0.15, 0.2) is 70.1 Å². The molecule has 0 bridgehead atoms. The third kappa shape index (κ3) is 7.82. The summed E-state index contributed by atoms with van der Waals surface area (Å²) in [6, 6.07) is 0.482. The molecule has 4 atom stereocenters. The molecule has 2 unspecified atom stereocenters. The highest BCUT2D eigenvalue weighted by atomic mass is 16.3. The summed E-state index contributed by atoms with van der Waals surface area (Å²) >= 11 is 0. The lowest BCUT2D eigenvalue weighted by Crippen LogP contribution is -2.47. The van der Waals surface area contributed by atoms with Crippen molar-refractivity contribution in [3.63, 3.8) is 0 Å². The van der Waals surface area contributed by atoms with Crippen molar-refractivity contribution >= 4 is 0 Å². The van der Waals surface area contributed by atoms with Crippen LogP contribution in [0.5, 0.6) is 0 Å². The summed E-state index contributed by atoms with van der Waals surface area (Å²) in [7, 11) is 0. The number of hydrogen-bond donors (Lipinski definition) is 4. The van der Waals surface area contributed by atoms with E-state index in [0.717, 1.165) is 35.1 Å². The molecule has 0 aromatic carbocycles. The predicted molar refractivity (Wildman–Crippen MR) is 171 cm³/mol. The second-order valence-electron chi connectivity index (χ2n) is 16.3. The van der Waals surface area contributed by atoms with Gasteiger partial charge in [0, 0.05) is 35.6 Å². The maximum absolute atomic E-state index is 11.3. The fraction of sp³-hybridized carbons (Fsp3) is 0.667. The van der Waals surface area contributed by atoms with Crippen molar-refractivity contribution in [3.05, 3.63) is 70.1 Å². The van der Waals surface area contributed by atoms with Gasteiger partial charge in [0.15, 0.2) is 0 Å². The molecule has 0 heterocycles. The molecule has 1 fully saturated rings. The minimum atomic E-state index is -0.614. The average Bonchev–Trinajstić information content (AvgIpc) is 2.80. The first-order valence-electron chi connectivity index (χ1n) is 15.4. The second kappa shape index (κ2) is 11.7. The Labute approximate surface area is 245 Å². The van der Waals surface area contributed by atoms with Crippen LogP contribution in [0.2, 0.25) is 0 Å². The zero-order valence-electron chi connectivity index (χ0n) is 27.5. The summed E-state index contributed by atoms with van der Waals surface area (Å²) in [5.74, 6) is 0. The zero-order chi connectivity index (χ0) is 30.3. The molecule has 4 N–H and O–H groups in total. The van der Waals surface area contributed by atoms with Crippen molar-refractivity contribution in [1.29, 1.82) is 0 Å². The highest BCUT2D eigenvalue weighted by Crippen LogP contribution is 2.41. The molecule has 224 valence electrons. The maximum atomic E-state index is 11.3. The number of hydrogen-bond acceptors (Lipinski definition) is 4. The summed E-state index contributed by atoms with van der Waals surface area (Å²) in [6.45, 7) is 26.4. The van der Waals surface area contributed by atoms with Gasteiger partial charge in [-0.05, 0) is 56.8 Å². The van der Waals surface area contributed by atoms with Gasteiger partial charge in [0.2, 0.25) is 0 Å². The van der Waals surface area contributed by atoms with Crippen molar-refractivity contribution in [2.45, 2.75) is 133 Å². The van der Waals surface area contributed by atoms with E-state index in [0.29, 0.717) is 0 Å². The Morgan fingerprint density at radius 2 is 0.875 bits per heavy atom. The van der Waals surface area contributed by atoms with E-state index in [2.05, 4.69) is 130 Å². The quantitative estimate of drug-likeness (QED) is 0.287. The first kappa shape index (κ1) is 32.5. The van der Waals surface area contributed by atoms with Crippen molar-refractivity contribution in [2.24, 2.45) is 21.7 Å². The van der Waals surface area contributed by atoms with Crippen LogP contribution in [0, 0.1) is 21.7 Å². The van der Waals surface area contributed by atoms with Crippen LogP contribution in [0.25, 0.3) is 0 Å². The first-order chi connectivity index (χ1) is 18.2. The van der Waals surface area contributed by atoms with Crippen LogP contribution < -0.4 is 10.6 Å². The van der Waals surface area contributed by atoms with Gasteiger partial charge in [-0.1, -0.05) is 120 Å². The molecule has 0 saturated heterocycles. The maximum Gasteiger partial charge on any atom is 0.102 e. The number of nitrogens with one attached hydrogen (secondary N) is 2. The van der Waals surface area contributed by atoms with Crippen LogP contribution in [0.3, 0.4) is 0 Å². The SMILES string of the molecule is CC(C)(C)C1=C/C(=C/N[C@H]2CCCC[C@@H]2N/C=C2\C=C(C(C)(C)C)C=C(C(C)(C)C)C2O)C(O)C(C(C)(C)C)=C1. The lowest BCUT2D eigenvalue weighted by Gasteiger charge is -2.37. The molecule has 1 saturated carbocycles. The molecular formula is C36H58N2O2. The Kier molecular flexibility index (Phi) is 9.48. The monoisotopic (exact) mass is 550 g/mol. The van der Waals surface area contributed by atoms with Gasteiger partial charge in [0.1, 0.15) is 12.2 Å². The number of rotatable bonds is 4. The van der Waals surface area contributed by atoms with E-state index in [9.17, 15) is 10.2 Å². The minimum absolute atomic E-state index is 0.00253. The smallest absolute Gasteiger partial charge is 0.102 e. The van der Waals surface area contributed by atoms with Gasteiger partial charge in [-0.3, -0.25) is 0 Å². The van der Waals surface area contributed by atoms with Crippen LogP contribution >= 0.6 is 0 Å². The molecule has 3 rings (SSSR count). The van der Waals surface area contributed by atoms with Gasteiger partial charge in [0.25, 0.3) is 0 Å². The van der Waals surface area contributed by atoms with E-state index >= 15 is 0 Å². The van der Waals surface area contributed by atoms with Crippen molar-refractivity contribution in [1.82, 2.24) is 10.6 Å². The Bertz CT molecular complexity index is 1030. The topological polar surface area (TPSA) is 64.5 Å². The third-order valence-corrected chi connectivity index (χ3v) is 8.65. The van der Waals surface area contributed by atoms with E-state index in [4.69, 9.17) is 0 Å². The molecule has 0 aromatic rings. The van der Waals surface area contributed by atoms with Crippen LogP contribution in [-0.4, -0.2) is 34.5 Å². The van der Waals surface area contributed by atoms with Crippen LogP contribution in [0.1, 0.15) is 109 Å². The van der Waals surface area contributed by atoms with E-state index in [1.54, 1.807) is 0 Å². The fourth-order valence-corrected chi connectivity index (χ4v) is 5.75. The van der Waals surface area contributed by atoms with Gasteiger partial charge in [0.05, 0.1) is 0 Å². The van der Waals surface area contributed by atoms with Gasteiger partial charge >= 0.3 is 0 Å². The molecule has 4 heteroatoms. The lowest BCUT2D eigenvalue weighted by molar-refractivity contribution is 0.216. The Morgan fingerprint density at radius 3 is 1.15 bits per heavy atom. The summed E-state index contributed by atoms with van der Waals surface area (Å²) in [6.07, 6.45) is 16.1. The van der Waals surface area contributed by atoms with E-state index in [-0.39, 0.29) is 33.7 Å². The molecule has 3 aliphatic carbocycles. The third-order valence-electron chi connectivity index (χ3n) is 8.65. The van der Waals surface area contributed by atoms with Gasteiger partial charge in [-0.15, -0.1) is 0 Å². The molecule has 0 aromatic heterocycles. The standard InChI is InChI=1S/C36H58N2O2/c1-33(2,3)25-17-23(31(39)27(19-25)35(7,8)9)21-37-29-15-13-14-16-30(29)38-22-24-18-26(34(4,5)6)20-28(32(24)40)36(10,11)12/h17-22,29-32,37-40H,13-16H2,1-12H3/b23-21-,24-22+/t29-,30-,31?,32?/m0/s1. The summed E-state index contributed by atoms with van der Waals surface area (Å²) in [5, 5.41) is 30.1. The van der Waals surface area contributed by atoms with Crippen molar-refractivity contribution < 1.29 is 10.2 Å². The van der Waals surface area contributed by atoms with E-state index in [1.165, 1.54) is 24.0 Å². The van der Waals surface area contributed by atoms with Crippen molar-refractivity contribution in [2.75, 3.05) is 0 Å². The second-order valence-corrected chi connectivity index (χ2v) is 16.3. The van der Waals surface area contributed by atoms with Gasteiger partial charge < -0.3 is 20.8 Å². The fourth-order valence-electron chi connectivity index (χ4n) is 5.75. The van der Waals surface area contributed by atoms with Crippen molar-refractivity contribution in [3.8, 4) is 0 Å². The average molecular weight is 551 g/mol. The van der Waals surface area contributed by atoms with Crippen LogP contribution in [0.4, 0.5) is 0 Å². The Morgan fingerprint density at radius 1 is 0.550 bits per heavy atom. The number of aliphatic hydroxyl groups excluding tert-OH is 2. The van der Waals surface area contributed by atoms with Gasteiger partial charge in [-0.25, -0.2) is 0 Å². The molecular weight excluding hydrogens is 492 g/mol. The van der Waals surface area contributed by atoms with E-state index < -0.39 is 12.2 Å². The highest BCUT2D eigenvalue weighted by molar-refractivity contribution is 5.49. The molecule has 0 radical (unpaired) electrons. The molecule has 40 heavy (non-hydrogen) atoms. The summed E-state index contributed by atoms with van der Waals surface area (Å²) in [4.78, 5) is 0. The zero-order valence-corrected chi connectivity index (χ0v) is 27.5. The highest BCUT2D eigenvalue weighted by Gasteiger charge is 2.34. The first-order valence-corrected chi connectivity index (χ1v) is 15.4. The summed E-state index contributed by atoms with van der Waals surface area (Å²) < 4.78 is 0. The molecule has 0 amide bonds. The largest absolute Gasteiger partial charge is 0.386 e. The lowest BCUT2D eigenvalue weighted by atomic mass is 9.73. The molecule has 0 aliphatic heterocycles. The Hall–Kier alpha value is -2.04. The Balaban J connectivity index is 1.86. The van der Waals surface area contributed by atoms with E-state index in [1.807, 2.05) is 0 Å². The number of aliphatic hydroxyl groups is 2.